The van der Waals surface area contributed by atoms with Crippen molar-refractivity contribution in [1.29, 1.82) is 0 Å². The summed E-state index contributed by atoms with van der Waals surface area (Å²) < 4.78 is 11.6. The second-order valence-electron chi connectivity index (χ2n) is 6.02. The fraction of sp³-hybridized carbons (Fsp3) is 0.562. The van der Waals surface area contributed by atoms with E-state index in [9.17, 15) is 0 Å². The normalized spacial score (nSPS) is 19.9. The number of aryl methyl sites for hydroxylation is 1. The van der Waals surface area contributed by atoms with Gasteiger partial charge in [0.1, 0.15) is 5.76 Å². The van der Waals surface area contributed by atoms with Crippen molar-refractivity contribution in [3.8, 4) is 11.5 Å². The Hall–Kier alpha value is -1.21. The number of nitrogens with zero attached hydrogens (tertiary/aromatic N) is 3. The molecule has 1 fully saturated rings. The van der Waals surface area contributed by atoms with E-state index in [0.29, 0.717) is 0 Å². The Balaban J connectivity index is 1.65. The summed E-state index contributed by atoms with van der Waals surface area (Å²) in [6, 6.07) is 2.04. The summed E-state index contributed by atoms with van der Waals surface area (Å²) in [6.45, 7) is 6.45. The van der Waals surface area contributed by atoms with E-state index < -0.39 is 0 Å². The third kappa shape index (κ3) is 3.76. The first kappa shape index (κ1) is 15.7. The standard InChI is InChI=1S/C16H23N3O2S/c1-12-15(17-16(21-12)13-4-7-22-11-13)10-19-5-6-20-14(9-19)8-18(2)3/h4,7,11,14H,5-6,8-10H2,1-3H3. The molecule has 0 saturated carbocycles. The van der Waals surface area contributed by atoms with Crippen LogP contribution in [0.25, 0.3) is 11.5 Å². The van der Waals surface area contributed by atoms with Crippen molar-refractivity contribution >= 4 is 11.3 Å². The van der Waals surface area contributed by atoms with Crippen LogP contribution >= 0.6 is 11.3 Å². The lowest BCUT2D eigenvalue weighted by molar-refractivity contribution is -0.0410. The second-order valence-corrected chi connectivity index (χ2v) is 6.80. The van der Waals surface area contributed by atoms with Gasteiger partial charge in [0.2, 0.25) is 5.89 Å². The molecule has 0 aromatic carbocycles. The second kappa shape index (κ2) is 6.91. The molecule has 1 saturated heterocycles. The van der Waals surface area contributed by atoms with Gasteiger partial charge >= 0.3 is 0 Å². The highest BCUT2D eigenvalue weighted by Crippen LogP contribution is 2.24. The largest absolute Gasteiger partial charge is 0.441 e. The van der Waals surface area contributed by atoms with Crippen LogP contribution in [0.1, 0.15) is 11.5 Å². The number of rotatable bonds is 5. The summed E-state index contributed by atoms with van der Waals surface area (Å²) in [7, 11) is 4.16. The number of likely N-dealkylation sites (N-methyl/N-ethyl adjacent to an activating group) is 1. The van der Waals surface area contributed by atoms with Crippen molar-refractivity contribution in [2.45, 2.75) is 19.6 Å². The first-order chi connectivity index (χ1) is 10.6. The Morgan fingerprint density at radius 2 is 2.32 bits per heavy atom. The van der Waals surface area contributed by atoms with Gasteiger partial charge < -0.3 is 14.1 Å². The number of hydrogen-bond donors (Lipinski definition) is 0. The smallest absolute Gasteiger partial charge is 0.227 e. The molecule has 1 atom stereocenters. The molecule has 0 bridgehead atoms. The number of aromatic nitrogens is 1. The average Bonchev–Trinajstić information content (AvgIpc) is 3.09. The number of oxazole rings is 1. The number of morpholine rings is 1. The molecular weight excluding hydrogens is 298 g/mol. The van der Waals surface area contributed by atoms with Crippen LogP contribution in [0.3, 0.4) is 0 Å². The molecule has 0 aliphatic carbocycles. The van der Waals surface area contributed by atoms with Crippen molar-refractivity contribution in [2.75, 3.05) is 40.3 Å². The van der Waals surface area contributed by atoms with Gasteiger partial charge in [-0.1, -0.05) is 0 Å². The molecule has 2 aromatic heterocycles. The Bertz CT molecular complexity index is 595. The Morgan fingerprint density at radius 1 is 1.45 bits per heavy atom. The highest BCUT2D eigenvalue weighted by Gasteiger charge is 2.23. The van der Waals surface area contributed by atoms with Gasteiger partial charge in [-0.2, -0.15) is 11.3 Å². The topological polar surface area (TPSA) is 41.7 Å². The van der Waals surface area contributed by atoms with Crippen molar-refractivity contribution in [3.05, 3.63) is 28.3 Å². The molecule has 1 aliphatic rings. The SMILES string of the molecule is Cc1oc(-c2ccsc2)nc1CN1CCOC(CN(C)C)C1. The van der Waals surface area contributed by atoms with Crippen LogP contribution < -0.4 is 0 Å². The maximum absolute atomic E-state index is 5.83. The molecule has 3 heterocycles. The first-order valence-electron chi connectivity index (χ1n) is 7.59. The maximum atomic E-state index is 5.83. The Kier molecular flexibility index (Phi) is 4.93. The monoisotopic (exact) mass is 321 g/mol. The summed E-state index contributed by atoms with van der Waals surface area (Å²) in [5.74, 6) is 1.64. The molecule has 0 spiro atoms. The highest BCUT2D eigenvalue weighted by molar-refractivity contribution is 7.08. The van der Waals surface area contributed by atoms with Crippen molar-refractivity contribution in [2.24, 2.45) is 0 Å². The highest BCUT2D eigenvalue weighted by atomic mass is 32.1. The minimum absolute atomic E-state index is 0.271. The van der Waals surface area contributed by atoms with E-state index in [1.165, 1.54) is 0 Å². The lowest BCUT2D eigenvalue weighted by atomic mass is 10.2. The van der Waals surface area contributed by atoms with Gasteiger partial charge in [0, 0.05) is 37.1 Å². The zero-order valence-corrected chi connectivity index (χ0v) is 14.2. The summed E-state index contributed by atoms with van der Waals surface area (Å²) in [4.78, 5) is 9.25. The molecule has 5 nitrogen and oxygen atoms in total. The minimum Gasteiger partial charge on any atom is -0.441 e. The van der Waals surface area contributed by atoms with Gasteiger partial charge in [0.15, 0.2) is 0 Å². The fourth-order valence-corrected chi connectivity index (χ4v) is 3.37. The summed E-state index contributed by atoms with van der Waals surface area (Å²) in [5.41, 5.74) is 2.10. The molecule has 0 amide bonds. The Labute approximate surface area is 135 Å². The first-order valence-corrected chi connectivity index (χ1v) is 8.53. The van der Waals surface area contributed by atoms with E-state index in [1.807, 2.05) is 18.4 Å². The molecule has 0 N–H and O–H groups in total. The molecule has 3 rings (SSSR count). The van der Waals surface area contributed by atoms with Gasteiger partial charge in [0.25, 0.3) is 0 Å². The van der Waals surface area contributed by atoms with Crippen LogP contribution in [0.2, 0.25) is 0 Å². The van der Waals surface area contributed by atoms with Gasteiger partial charge in [-0.05, 0) is 32.5 Å². The molecule has 1 aliphatic heterocycles. The summed E-state index contributed by atoms with van der Waals surface area (Å²) in [5, 5.41) is 4.11. The maximum Gasteiger partial charge on any atom is 0.227 e. The molecule has 120 valence electrons. The Morgan fingerprint density at radius 3 is 3.05 bits per heavy atom. The lowest BCUT2D eigenvalue weighted by Crippen LogP contribution is -2.46. The predicted molar refractivity (Wildman–Crippen MR) is 88.1 cm³/mol. The van der Waals surface area contributed by atoms with Crippen LogP contribution in [-0.2, 0) is 11.3 Å². The van der Waals surface area contributed by atoms with Gasteiger partial charge in [0.05, 0.1) is 18.4 Å². The lowest BCUT2D eigenvalue weighted by Gasteiger charge is -2.33. The molecule has 1 unspecified atom stereocenters. The third-order valence-corrected chi connectivity index (χ3v) is 4.51. The molecule has 0 radical (unpaired) electrons. The number of thiophene rings is 1. The summed E-state index contributed by atoms with van der Waals surface area (Å²) >= 11 is 1.66. The third-order valence-electron chi connectivity index (χ3n) is 3.83. The van der Waals surface area contributed by atoms with Crippen LogP contribution in [0.4, 0.5) is 0 Å². The van der Waals surface area contributed by atoms with E-state index in [0.717, 1.165) is 55.7 Å². The zero-order valence-electron chi connectivity index (χ0n) is 13.4. The van der Waals surface area contributed by atoms with Crippen molar-refractivity contribution in [1.82, 2.24) is 14.8 Å². The van der Waals surface area contributed by atoms with E-state index in [-0.39, 0.29) is 6.10 Å². The average molecular weight is 321 g/mol. The van der Waals surface area contributed by atoms with Gasteiger partial charge in [-0.3, -0.25) is 4.90 Å². The van der Waals surface area contributed by atoms with E-state index >= 15 is 0 Å². The van der Waals surface area contributed by atoms with E-state index in [4.69, 9.17) is 9.15 Å². The molecule has 22 heavy (non-hydrogen) atoms. The van der Waals surface area contributed by atoms with Crippen LogP contribution in [0, 0.1) is 6.92 Å². The van der Waals surface area contributed by atoms with Crippen molar-refractivity contribution < 1.29 is 9.15 Å². The predicted octanol–water partition coefficient (Wildman–Crippen LogP) is 2.47. The fourth-order valence-electron chi connectivity index (χ4n) is 2.74. The van der Waals surface area contributed by atoms with Crippen LogP contribution in [-0.4, -0.2) is 61.2 Å². The summed E-state index contributed by atoms with van der Waals surface area (Å²) in [6.07, 6.45) is 0.271. The van der Waals surface area contributed by atoms with Crippen LogP contribution in [0.15, 0.2) is 21.2 Å². The van der Waals surface area contributed by atoms with Gasteiger partial charge in [-0.25, -0.2) is 4.98 Å². The minimum atomic E-state index is 0.271. The number of ether oxygens (including phenoxy) is 1. The zero-order chi connectivity index (χ0) is 15.5. The molecule has 6 heteroatoms. The van der Waals surface area contributed by atoms with Crippen LogP contribution in [0.5, 0.6) is 0 Å². The van der Waals surface area contributed by atoms with E-state index in [2.05, 4.69) is 34.3 Å². The van der Waals surface area contributed by atoms with E-state index in [1.54, 1.807) is 11.3 Å². The molecular formula is C16H23N3O2S. The number of hydrogen-bond acceptors (Lipinski definition) is 6. The van der Waals surface area contributed by atoms with Crippen molar-refractivity contribution in [3.63, 3.8) is 0 Å². The quantitative estimate of drug-likeness (QED) is 0.846. The van der Waals surface area contributed by atoms with Gasteiger partial charge in [-0.15, -0.1) is 0 Å². The molecule has 2 aromatic rings.